The molecule has 84 valence electrons. The Bertz CT molecular complexity index is 135. The molecule has 1 unspecified atom stereocenters. The summed E-state index contributed by atoms with van der Waals surface area (Å²) in [4.78, 5) is 2.35. The van der Waals surface area contributed by atoms with Crippen LogP contribution in [0.25, 0.3) is 0 Å². The maximum absolute atomic E-state index is 3.56. The van der Waals surface area contributed by atoms with Gasteiger partial charge in [-0.15, -0.1) is 0 Å². The minimum atomic E-state index is 0.885. The van der Waals surface area contributed by atoms with Crippen molar-refractivity contribution >= 4 is 11.8 Å². The zero-order chi connectivity index (χ0) is 10.2. The molecule has 3 heteroatoms. The second-order valence-corrected chi connectivity index (χ2v) is 5.50. The van der Waals surface area contributed by atoms with Crippen LogP contribution in [0.3, 0.4) is 0 Å². The van der Waals surface area contributed by atoms with Gasteiger partial charge in [-0.05, 0) is 32.2 Å². The van der Waals surface area contributed by atoms with Crippen molar-refractivity contribution in [3.63, 3.8) is 0 Å². The van der Waals surface area contributed by atoms with Crippen LogP contribution >= 0.6 is 11.8 Å². The fraction of sp³-hybridized carbons (Fsp3) is 1.00. The Kier molecular flexibility index (Phi) is 6.65. The van der Waals surface area contributed by atoms with Crippen LogP contribution in [0.15, 0.2) is 0 Å². The number of nitrogens with one attached hydrogen (secondary N) is 1. The normalized spacial score (nSPS) is 22.9. The number of likely N-dealkylation sites (N-methyl/N-ethyl adjacent to an activating group) is 1. The van der Waals surface area contributed by atoms with E-state index in [1.54, 1.807) is 0 Å². The molecule has 0 bridgehead atoms. The Morgan fingerprint density at radius 2 is 2.29 bits per heavy atom. The van der Waals surface area contributed by atoms with Gasteiger partial charge in [0.25, 0.3) is 0 Å². The predicted octanol–water partition coefficient (Wildman–Crippen LogP) is 1.81. The van der Waals surface area contributed by atoms with Crippen molar-refractivity contribution in [2.75, 3.05) is 39.0 Å². The molecular formula is C11H24N2S. The van der Waals surface area contributed by atoms with E-state index in [1.165, 1.54) is 38.1 Å². The van der Waals surface area contributed by atoms with E-state index in [4.69, 9.17) is 0 Å². The van der Waals surface area contributed by atoms with Crippen LogP contribution in [0, 0.1) is 0 Å². The minimum absolute atomic E-state index is 0.885. The van der Waals surface area contributed by atoms with Crippen LogP contribution in [-0.4, -0.2) is 49.1 Å². The fourth-order valence-electron chi connectivity index (χ4n) is 1.66. The first-order chi connectivity index (χ1) is 6.83. The predicted molar refractivity (Wildman–Crippen MR) is 66.1 cm³/mol. The van der Waals surface area contributed by atoms with E-state index in [2.05, 4.69) is 35.9 Å². The van der Waals surface area contributed by atoms with Gasteiger partial charge in [-0.3, -0.25) is 0 Å². The number of hydrogen-bond donors (Lipinski definition) is 1. The third-order valence-corrected chi connectivity index (χ3v) is 4.25. The van der Waals surface area contributed by atoms with Gasteiger partial charge in [0.2, 0.25) is 0 Å². The van der Waals surface area contributed by atoms with Crippen molar-refractivity contribution in [1.29, 1.82) is 0 Å². The highest BCUT2D eigenvalue weighted by molar-refractivity contribution is 7.99. The Balaban J connectivity index is 1.92. The van der Waals surface area contributed by atoms with Crippen LogP contribution in [0.1, 0.15) is 26.2 Å². The lowest BCUT2D eigenvalue weighted by molar-refractivity contribution is 0.349. The average molecular weight is 216 g/mol. The largest absolute Gasteiger partial charge is 0.314 e. The summed E-state index contributed by atoms with van der Waals surface area (Å²) in [7, 11) is 2.18. The fourth-order valence-corrected chi connectivity index (χ4v) is 2.93. The molecule has 0 aromatic carbocycles. The molecule has 1 N–H and O–H groups in total. The van der Waals surface area contributed by atoms with Crippen LogP contribution in [0.4, 0.5) is 0 Å². The van der Waals surface area contributed by atoms with Crippen molar-refractivity contribution in [2.24, 2.45) is 0 Å². The molecule has 0 saturated carbocycles. The van der Waals surface area contributed by atoms with Crippen LogP contribution in [-0.2, 0) is 0 Å². The van der Waals surface area contributed by atoms with E-state index in [-0.39, 0.29) is 0 Å². The summed E-state index contributed by atoms with van der Waals surface area (Å²) in [6.07, 6.45) is 4.29. The highest BCUT2D eigenvalue weighted by Crippen LogP contribution is 2.23. The second-order valence-electron chi connectivity index (χ2n) is 4.09. The van der Waals surface area contributed by atoms with Gasteiger partial charge in [0, 0.05) is 24.9 Å². The molecule has 2 nitrogen and oxygen atoms in total. The van der Waals surface area contributed by atoms with Crippen molar-refractivity contribution in [3.05, 3.63) is 0 Å². The summed E-state index contributed by atoms with van der Waals surface area (Å²) in [5.41, 5.74) is 0. The number of thioether (sulfide) groups is 1. The van der Waals surface area contributed by atoms with Crippen LogP contribution in [0.5, 0.6) is 0 Å². The van der Waals surface area contributed by atoms with Gasteiger partial charge in [-0.2, -0.15) is 11.8 Å². The lowest BCUT2D eigenvalue weighted by Gasteiger charge is -2.22. The quantitative estimate of drug-likeness (QED) is 0.682. The van der Waals surface area contributed by atoms with Crippen molar-refractivity contribution in [1.82, 2.24) is 10.2 Å². The SMILES string of the molecule is CCN(C)CCNCC1CCCCS1. The first kappa shape index (κ1) is 12.3. The Morgan fingerprint density at radius 3 is 2.93 bits per heavy atom. The Labute approximate surface area is 92.8 Å². The molecule has 1 fully saturated rings. The van der Waals surface area contributed by atoms with Gasteiger partial charge >= 0.3 is 0 Å². The molecule has 0 radical (unpaired) electrons. The topological polar surface area (TPSA) is 15.3 Å². The van der Waals surface area contributed by atoms with Crippen molar-refractivity contribution in [3.8, 4) is 0 Å². The summed E-state index contributed by atoms with van der Waals surface area (Å²) in [6.45, 7) is 6.88. The lowest BCUT2D eigenvalue weighted by atomic mass is 10.2. The minimum Gasteiger partial charge on any atom is -0.314 e. The van der Waals surface area contributed by atoms with Gasteiger partial charge in [-0.25, -0.2) is 0 Å². The highest BCUT2D eigenvalue weighted by Gasteiger charge is 2.12. The third kappa shape index (κ3) is 5.23. The number of nitrogens with zero attached hydrogens (tertiary/aromatic N) is 1. The Hall–Kier alpha value is 0.270. The van der Waals surface area contributed by atoms with E-state index in [0.717, 1.165) is 18.3 Å². The molecule has 0 aromatic rings. The molecule has 1 aliphatic heterocycles. The van der Waals surface area contributed by atoms with Gasteiger partial charge in [0.05, 0.1) is 0 Å². The van der Waals surface area contributed by atoms with Gasteiger partial charge in [0.15, 0.2) is 0 Å². The molecule has 1 aliphatic rings. The summed E-state index contributed by atoms with van der Waals surface area (Å²) in [6, 6.07) is 0. The van der Waals surface area contributed by atoms with E-state index < -0.39 is 0 Å². The van der Waals surface area contributed by atoms with E-state index in [1.807, 2.05) is 0 Å². The molecule has 0 amide bonds. The van der Waals surface area contributed by atoms with Crippen LogP contribution < -0.4 is 5.32 Å². The second kappa shape index (κ2) is 7.55. The number of rotatable bonds is 6. The summed E-state index contributed by atoms with van der Waals surface area (Å²) < 4.78 is 0. The van der Waals surface area contributed by atoms with Gasteiger partial charge in [0.1, 0.15) is 0 Å². The standard InChI is InChI=1S/C11H24N2S/c1-3-13(2)8-7-12-10-11-6-4-5-9-14-11/h11-12H,3-10H2,1-2H3. The molecular weight excluding hydrogens is 192 g/mol. The van der Waals surface area contributed by atoms with Crippen molar-refractivity contribution in [2.45, 2.75) is 31.4 Å². The maximum Gasteiger partial charge on any atom is 0.0172 e. The molecule has 1 heterocycles. The summed E-state index contributed by atoms with van der Waals surface area (Å²) in [5.74, 6) is 1.38. The first-order valence-electron chi connectivity index (χ1n) is 5.83. The molecule has 1 atom stereocenters. The lowest BCUT2D eigenvalue weighted by Crippen LogP contribution is -2.33. The average Bonchev–Trinajstić information content (AvgIpc) is 2.25. The Morgan fingerprint density at radius 1 is 1.43 bits per heavy atom. The summed E-state index contributed by atoms with van der Waals surface area (Å²) in [5, 5.41) is 4.44. The van der Waals surface area contributed by atoms with Crippen molar-refractivity contribution < 1.29 is 0 Å². The van der Waals surface area contributed by atoms with Gasteiger partial charge < -0.3 is 10.2 Å². The van der Waals surface area contributed by atoms with E-state index in [9.17, 15) is 0 Å². The molecule has 0 aliphatic carbocycles. The maximum atomic E-state index is 3.56. The highest BCUT2D eigenvalue weighted by atomic mass is 32.2. The monoisotopic (exact) mass is 216 g/mol. The number of hydrogen-bond acceptors (Lipinski definition) is 3. The molecule has 0 spiro atoms. The third-order valence-electron chi connectivity index (χ3n) is 2.86. The van der Waals surface area contributed by atoms with E-state index in [0.29, 0.717) is 0 Å². The molecule has 1 rings (SSSR count). The molecule has 14 heavy (non-hydrogen) atoms. The molecule has 1 saturated heterocycles. The molecule has 0 aromatic heterocycles. The zero-order valence-corrected chi connectivity index (χ0v) is 10.4. The first-order valence-corrected chi connectivity index (χ1v) is 6.88. The zero-order valence-electron chi connectivity index (χ0n) is 9.59. The van der Waals surface area contributed by atoms with Crippen LogP contribution in [0.2, 0.25) is 0 Å². The smallest absolute Gasteiger partial charge is 0.0172 e. The summed E-state index contributed by atoms with van der Waals surface area (Å²) >= 11 is 2.15. The van der Waals surface area contributed by atoms with E-state index >= 15 is 0 Å². The van der Waals surface area contributed by atoms with Gasteiger partial charge in [-0.1, -0.05) is 13.3 Å².